The van der Waals surface area contributed by atoms with E-state index in [1.165, 1.54) is 231 Å². The first-order valence-electron chi connectivity index (χ1n) is 42.9. The molecule has 0 bridgehead atoms. The number of rotatable bonds is 82. The highest BCUT2D eigenvalue weighted by atomic mass is 31.2. The SMILES string of the molecule is CCCCC/C=C\C/C=C\C/C=C\C/C=C\CCCC(=O)OC[C@H](COP(=O)(O)OC[C@@H](O)COP(=O)(O)OC[C@@H](COC(=O)CCCCCCCCCCCCCCCCCCC)OC(=O)CCCCCCCCCCCCCCC)OC(=O)CCCCCCCCCCCCCCCCCCC. The first kappa shape index (κ1) is 101. The molecular weight excluding hydrogens is 1350 g/mol. The summed E-state index contributed by atoms with van der Waals surface area (Å²) in [6, 6.07) is 0. The van der Waals surface area contributed by atoms with Crippen LogP contribution in [-0.4, -0.2) is 96.7 Å². The molecule has 0 fully saturated rings. The van der Waals surface area contributed by atoms with E-state index in [1.807, 2.05) is 12.2 Å². The van der Waals surface area contributed by atoms with Crippen LogP contribution in [0.15, 0.2) is 48.6 Å². The predicted molar refractivity (Wildman–Crippen MR) is 427 cm³/mol. The van der Waals surface area contributed by atoms with Crippen LogP contribution >= 0.6 is 15.6 Å². The van der Waals surface area contributed by atoms with Gasteiger partial charge in [0.25, 0.3) is 0 Å². The summed E-state index contributed by atoms with van der Waals surface area (Å²) in [7, 11) is -9.95. The zero-order chi connectivity index (χ0) is 76.0. The summed E-state index contributed by atoms with van der Waals surface area (Å²) in [5, 5.41) is 10.7. The third kappa shape index (κ3) is 77.2. The molecule has 19 heteroatoms. The number of esters is 4. The van der Waals surface area contributed by atoms with Gasteiger partial charge in [-0.1, -0.05) is 372 Å². The van der Waals surface area contributed by atoms with Crippen molar-refractivity contribution >= 4 is 39.5 Å². The Balaban J connectivity index is 5.33. The number of phosphoric ester groups is 2. The summed E-state index contributed by atoms with van der Waals surface area (Å²) < 4.78 is 68.8. The molecule has 0 rings (SSSR count). The lowest BCUT2D eigenvalue weighted by atomic mass is 10.0. The number of phosphoric acid groups is 2. The van der Waals surface area contributed by atoms with E-state index in [9.17, 15) is 43.2 Å². The number of hydrogen-bond acceptors (Lipinski definition) is 15. The van der Waals surface area contributed by atoms with Crippen LogP contribution in [0, 0.1) is 0 Å². The summed E-state index contributed by atoms with van der Waals surface area (Å²) in [5.41, 5.74) is 0. The monoisotopic (exact) mass is 1510 g/mol. The van der Waals surface area contributed by atoms with Crippen molar-refractivity contribution in [2.24, 2.45) is 0 Å². The molecule has 0 spiro atoms. The number of carbonyl (C=O) groups excluding carboxylic acids is 4. The van der Waals surface area contributed by atoms with Crippen molar-refractivity contribution in [2.75, 3.05) is 39.6 Å². The van der Waals surface area contributed by atoms with E-state index in [4.69, 9.17) is 37.0 Å². The van der Waals surface area contributed by atoms with Crippen LogP contribution in [0.4, 0.5) is 0 Å². The zero-order valence-corrected chi connectivity index (χ0v) is 68.8. The van der Waals surface area contributed by atoms with Gasteiger partial charge in [0.1, 0.15) is 19.3 Å². The molecule has 0 amide bonds. The lowest BCUT2D eigenvalue weighted by Crippen LogP contribution is -2.30. The van der Waals surface area contributed by atoms with E-state index in [0.717, 1.165) is 96.3 Å². The van der Waals surface area contributed by atoms with E-state index in [1.54, 1.807) is 0 Å². The lowest BCUT2D eigenvalue weighted by Gasteiger charge is -2.21. The molecule has 610 valence electrons. The Labute approximate surface area is 636 Å². The minimum atomic E-state index is -4.98. The quantitative estimate of drug-likeness (QED) is 0.0169. The number of unbranched alkanes of at least 4 members (excludes halogenated alkanes) is 48. The van der Waals surface area contributed by atoms with Crippen LogP contribution in [0.1, 0.15) is 413 Å². The fourth-order valence-corrected chi connectivity index (χ4v) is 13.9. The van der Waals surface area contributed by atoms with Gasteiger partial charge in [-0.05, 0) is 64.2 Å². The molecule has 0 aliphatic carbocycles. The Morgan fingerprint density at radius 1 is 0.269 bits per heavy atom. The number of allylic oxidation sites excluding steroid dienone is 8. The molecule has 0 aliphatic heterocycles. The number of hydrogen-bond donors (Lipinski definition) is 3. The van der Waals surface area contributed by atoms with Gasteiger partial charge in [-0.3, -0.25) is 37.3 Å². The zero-order valence-electron chi connectivity index (χ0n) is 67.0. The first-order valence-corrected chi connectivity index (χ1v) is 45.9. The Hall–Kier alpha value is -2.98. The molecule has 0 radical (unpaired) electrons. The summed E-state index contributed by atoms with van der Waals surface area (Å²) in [4.78, 5) is 73.1. The number of aliphatic hydroxyl groups is 1. The molecule has 3 N–H and O–H groups in total. The Morgan fingerprint density at radius 3 is 0.760 bits per heavy atom. The average molecular weight is 1510 g/mol. The van der Waals surface area contributed by atoms with Crippen molar-refractivity contribution < 1.29 is 80.2 Å². The largest absolute Gasteiger partial charge is 0.472 e. The number of ether oxygens (including phenoxy) is 4. The smallest absolute Gasteiger partial charge is 0.462 e. The van der Waals surface area contributed by atoms with E-state index in [0.29, 0.717) is 32.1 Å². The Bertz CT molecular complexity index is 2150. The van der Waals surface area contributed by atoms with Crippen molar-refractivity contribution in [3.8, 4) is 0 Å². The molecular formula is C85H158O17P2. The van der Waals surface area contributed by atoms with Crippen molar-refractivity contribution in [1.29, 1.82) is 0 Å². The van der Waals surface area contributed by atoms with Gasteiger partial charge in [0, 0.05) is 25.7 Å². The number of carbonyl (C=O) groups is 4. The lowest BCUT2D eigenvalue weighted by molar-refractivity contribution is -0.161. The van der Waals surface area contributed by atoms with Gasteiger partial charge in [-0.25, -0.2) is 9.13 Å². The summed E-state index contributed by atoms with van der Waals surface area (Å²) in [6.45, 7) is 4.91. The molecule has 0 heterocycles. The van der Waals surface area contributed by atoms with Crippen LogP contribution in [0.3, 0.4) is 0 Å². The second-order valence-electron chi connectivity index (χ2n) is 29.2. The van der Waals surface area contributed by atoms with E-state index < -0.39 is 97.5 Å². The van der Waals surface area contributed by atoms with Gasteiger partial charge in [0.15, 0.2) is 12.2 Å². The van der Waals surface area contributed by atoms with E-state index in [-0.39, 0.29) is 25.7 Å². The second kappa shape index (κ2) is 78.2. The summed E-state index contributed by atoms with van der Waals surface area (Å²) >= 11 is 0. The van der Waals surface area contributed by atoms with Crippen LogP contribution in [-0.2, 0) is 65.4 Å². The van der Waals surface area contributed by atoms with Crippen LogP contribution in [0.5, 0.6) is 0 Å². The van der Waals surface area contributed by atoms with E-state index >= 15 is 0 Å². The maximum atomic E-state index is 13.1. The fourth-order valence-electron chi connectivity index (χ4n) is 12.3. The second-order valence-corrected chi connectivity index (χ2v) is 32.1. The first-order chi connectivity index (χ1) is 50.7. The molecule has 0 aromatic rings. The highest BCUT2D eigenvalue weighted by Gasteiger charge is 2.30. The molecule has 104 heavy (non-hydrogen) atoms. The van der Waals surface area contributed by atoms with Gasteiger partial charge in [0.05, 0.1) is 26.4 Å². The molecule has 0 aromatic carbocycles. The van der Waals surface area contributed by atoms with E-state index in [2.05, 4.69) is 64.2 Å². The highest BCUT2D eigenvalue weighted by Crippen LogP contribution is 2.45. The molecule has 5 atom stereocenters. The molecule has 0 saturated carbocycles. The molecule has 17 nitrogen and oxygen atoms in total. The van der Waals surface area contributed by atoms with Crippen molar-refractivity contribution in [3.63, 3.8) is 0 Å². The van der Waals surface area contributed by atoms with Crippen LogP contribution in [0.2, 0.25) is 0 Å². The van der Waals surface area contributed by atoms with Gasteiger partial charge in [-0.2, -0.15) is 0 Å². The van der Waals surface area contributed by atoms with Crippen molar-refractivity contribution in [1.82, 2.24) is 0 Å². The van der Waals surface area contributed by atoms with Gasteiger partial charge in [-0.15, -0.1) is 0 Å². The maximum absolute atomic E-state index is 13.1. The summed E-state index contributed by atoms with van der Waals surface area (Å²) in [5.74, 6) is -2.19. The van der Waals surface area contributed by atoms with Gasteiger partial charge >= 0.3 is 39.5 Å². The van der Waals surface area contributed by atoms with Crippen molar-refractivity contribution in [3.05, 3.63) is 48.6 Å². The Morgan fingerprint density at radius 2 is 0.481 bits per heavy atom. The van der Waals surface area contributed by atoms with Crippen molar-refractivity contribution in [2.45, 2.75) is 431 Å². The minimum Gasteiger partial charge on any atom is -0.462 e. The topological polar surface area (TPSA) is 237 Å². The minimum absolute atomic E-state index is 0.0917. The normalized spacial score (nSPS) is 14.0. The van der Waals surface area contributed by atoms with Gasteiger partial charge in [0.2, 0.25) is 0 Å². The number of aliphatic hydroxyl groups excluding tert-OH is 1. The van der Waals surface area contributed by atoms with Gasteiger partial charge < -0.3 is 33.8 Å². The van der Waals surface area contributed by atoms with Crippen LogP contribution in [0.25, 0.3) is 0 Å². The average Bonchev–Trinajstić information content (AvgIpc) is 0.910. The standard InChI is InChI=1S/C85H158O17P2/c1-5-9-13-17-21-25-29-33-36-39-42-46-49-53-57-61-65-69-82(87)95-75-80(101-84(89)71-67-63-59-55-51-45-32-28-24-20-16-12-8-4)77-99-103(91,92)97-73-79(86)74-98-104(93,94)100-78-81(102-85(90)72-68-64-60-56-52-48-44-41-38-35-31-27-23-19-15-11-7-3)76-96-83(88)70-66-62-58-54-50-47-43-40-37-34-30-26-22-18-14-10-6-2/h22,26,34,37,43,47,54,58,79-81,86H,5-21,23-25,27-33,35-36,38-42,44-46,48-53,55-57,59-78H2,1-4H3,(H,91,92)(H,93,94)/b26-22-,37-34-,47-43-,58-54-/t79-,80+,81+/m0/s1. The molecule has 0 aromatic heterocycles. The highest BCUT2D eigenvalue weighted by molar-refractivity contribution is 7.47. The maximum Gasteiger partial charge on any atom is 0.472 e. The molecule has 2 unspecified atom stereocenters. The fraction of sp³-hybridized carbons (Fsp3) is 0.859. The molecule has 0 saturated heterocycles. The third-order valence-electron chi connectivity index (χ3n) is 18.8. The Kier molecular flexibility index (Phi) is 75.9. The third-order valence-corrected chi connectivity index (χ3v) is 20.7. The molecule has 0 aliphatic rings. The predicted octanol–water partition coefficient (Wildman–Crippen LogP) is 25.2. The van der Waals surface area contributed by atoms with Crippen LogP contribution < -0.4 is 0 Å². The summed E-state index contributed by atoms with van der Waals surface area (Å²) in [6.07, 6.45) is 77.9.